The van der Waals surface area contributed by atoms with Crippen molar-refractivity contribution in [3.05, 3.63) is 47.1 Å². The number of benzene rings is 1. The number of nitrogens with one attached hydrogen (secondary N) is 1. The number of hydrogen-bond donors (Lipinski definition) is 1. The first kappa shape index (κ1) is 13.3. The molecule has 0 aliphatic carbocycles. The van der Waals surface area contributed by atoms with Crippen molar-refractivity contribution in [1.82, 2.24) is 20.4 Å². The first-order valence-electron chi connectivity index (χ1n) is 7.10. The molecule has 0 atom stereocenters. The van der Waals surface area contributed by atoms with E-state index in [1.54, 1.807) is 0 Å². The summed E-state index contributed by atoms with van der Waals surface area (Å²) in [5.74, 6) is 1.48. The fraction of sp³-hybridized carbons (Fsp3) is 0.467. The van der Waals surface area contributed by atoms with Crippen LogP contribution in [0.3, 0.4) is 0 Å². The molecule has 0 unspecified atom stereocenters. The molecule has 20 heavy (non-hydrogen) atoms. The largest absolute Gasteiger partial charge is 0.338 e. The van der Waals surface area contributed by atoms with Crippen LogP contribution in [0.4, 0.5) is 0 Å². The molecule has 1 aromatic carbocycles. The molecule has 0 saturated carbocycles. The molecular weight excluding hydrogens is 252 g/mol. The lowest BCUT2D eigenvalue weighted by molar-refractivity contribution is 0.203. The second-order valence-electron chi connectivity index (χ2n) is 5.29. The van der Waals surface area contributed by atoms with Gasteiger partial charge in [0.05, 0.1) is 6.54 Å². The van der Waals surface area contributed by atoms with Crippen LogP contribution in [-0.4, -0.2) is 41.2 Å². The molecule has 1 N–H and O–H groups in total. The van der Waals surface area contributed by atoms with Crippen molar-refractivity contribution in [2.75, 3.05) is 26.2 Å². The smallest absolute Gasteiger partial charge is 0.240 e. The van der Waals surface area contributed by atoms with Crippen LogP contribution in [-0.2, 0) is 13.0 Å². The van der Waals surface area contributed by atoms with Gasteiger partial charge in [0, 0.05) is 32.6 Å². The van der Waals surface area contributed by atoms with E-state index in [4.69, 9.17) is 4.52 Å². The molecule has 2 heterocycles. The Morgan fingerprint density at radius 2 is 1.95 bits per heavy atom. The van der Waals surface area contributed by atoms with E-state index in [-0.39, 0.29) is 0 Å². The molecule has 5 nitrogen and oxygen atoms in total. The summed E-state index contributed by atoms with van der Waals surface area (Å²) in [6, 6.07) is 8.44. The van der Waals surface area contributed by atoms with Crippen LogP contribution in [0.1, 0.15) is 22.8 Å². The van der Waals surface area contributed by atoms with Gasteiger partial charge in [-0.3, -0.25) is 4.90 Å². The van der Waals surface area contributed by atoms with Gasteiger partial charge in [-0.25, -0.2) is 0 Å². The molecule has 0 bridgehead atoms. The molecule has 0 radical (unpaired) electrons. The Labute approximate surface area is 119 Å². The van der Waals surface area contributed by atoms with Crippen molar-refractivity contribution < 1.29 is 4.52 Å². The van der Waals surface area contributed by atoms with Crippen molar-refractivity contribution in [2.24, 2.45) is 0 Å². The van der Waals surface area contributed by atoms with Gasteiger partial charge in [-0.2, -0.15) is 4.98 Å². The van der Waals surface area contributed by atoms with Gasteiger partial charge in [0.25, 0.3) is 0 Å². The lowest BCUT2D eigenvalue weighted by Crippen LogP contribution is -2.42. The highest BCUT2D eigenvalue weighted by Gasteiger charge is 2.14. The van der Waals surface area contributed by atoms with Crippen LogP contribution in [0.2, 0.25) is 0 Å². The summed E-state index contributed by atoms with van der Waals surface area (Å²) >= 11 is 0. The van der Waals surface area contributed by atoms with E-state index in [0.717, 1.165) is 45.0 Å². The Balaban J connectivity index is 1.60. The van der Waals surface area contributed by atoms with Crippen LogP contribution in [0, 0.1) is 6.92 Å². The Hall–Kier alpha value is -1.72. The van der Waals surface area contributed by atoms with Gasteiger partial charge in [-0.15, -0.1) is 0 Å². The molecule has 1 saturated heterocycles. The average Bonchev–Trinajstić information content (AvgIpc) is 2.90. The van der Waals surface area contributed by atoms with Gasteiger partial charge < -0.3 is 9.84 Å². The Kier molecular flexibility index (Phi) is 4.08. The number of aryl methyl sites for hydroxylation is 1. The van der Waals surface area contributed by atoms with Crippen LogP contribution in [0.5, 0.6) is 0 Å². The third kappa shape index (κ3) is 3.43. The van der Waals surface area contributed by atoms with Crippen LogP contribution >= 0.6 is 0 Å². The molecule has 0 spiro atoms. The van der Waals surface area contributed by atoms with Crippen LogP contribution in [0.15, 0.2) is 28.8 Å². The monoisotopic (exact) mass is 272 g/mol. The Morgan fingerprint density at radius 3 is 2.70 bits per heavy atom. The molecule has 1 aromatic heterocycles. The van der Waals surface area contributed by atoms with Gasteiger partial charge in [0.2, 0.25) is 5.89 Å². The minimum Gasteiger partial charge on any atom is -0.338 e. The van der Waals surface area contributed by atoms with E-state index in [0.29, 0.717) is 5.89 Å². The minimum absolute atomic E-state index is 0.717. The van der Waals surface area contributed by atoms with Gasteiger partial charge >= 0.3 is 0 Å². The summed E-state index contributed by atoms with van der Waals surface area (Å²) in [4.78, 5) is 6.82. The maximum Gasteiger partial charge on any atom is 0.240 e. The predicted molar refractivity (Wildman–Crippen MR) is 76.4 cm³/mol. The summed E-state index contributed by atoms with van der Waals surface area (Å²) in [7, 11) is 0. The van der Waals surface area contributed by atoms with Crippen molar-refractivity contribution in [1.29, 1.82) is 0 Å². The lowest BCUT2D eigenvalue weighted by Gasteiger charge is -2.25. The highest BCUT2D eigenvalue weighted by atomic mass is 16.5. The zero-order valence-electron chi connectivity index (χ0n) is 11.8. The Bertz CT molecular complexity index is 543. The summed E-state index contributed by atoms with van der Waals surface area (Å²) in [6.45, 7) is 6.98. The van der Waals surface area contributed by atoms with E-state index in [1.807, 2.05) is 0 Å². The van der Waals surface area contributed by atoms with Gasteiger partial charge in [-0.1, -0.05) is 35.0 Å². The molecule has 0 amide bonds. The fourth-order valence-electron chi connectivity index (χ4n) is 2.38. The number of piperazine rings is 1. The van der Waals surface area contributed by atoms with E-state index >= 15 is 0 Å². The number of nitrogens with zero attached hydrogens (tertiary/aromatic N) is 3. The lowest BCUT2D eigenvalue weighted by atomic mass is 10.1. The van der Waals surface area contributed by atoms with Crippen molar-refractivity contribution in [3.63, 3.8) is 0 Å². The quantitative estimate of drug-likeness (QED) is 0.911. The molecule has 5 heteroatoms. The summed E-state index contributed by atoms with van der Waals surface area (Å²) in [6.07, 6.45) is 0.728. The maximum absolute atomic E-state index is 5.34. The van der Waals surface area contributed by atoms with Crippen LogP contribution in [0.25, 0.3) is 0 Å². The van der Waals surface area contributed by atoms with Gasteiger partial charge in [-0.05, 0) is 12.5 Å². The zero-order chi connectivity index (χ0) is 13.8. The molecule has 2 aromatic rings. The standard InChI is InChI=1S/C15H20N4O/c1-12-2-4-13(5-3-12)10-14-17-15(20-18-14)11-19-8-6-16-7-9-19/h2-5,16H,6-11H2,1H3. The molecule has 1 aliphatic rings. The molecule has 1 aliphatic heterocycles. The molecule has 106 valence electrons. The first-order chi connectivity index (χ1) is 9.79. The van der Waals surface area contributed by atoms with Crippen molar-refractivity contribution in [2.45, 2.75) is 19.9 Å². The fourth-order valence-corrected chi connectivity index (χ4v) is 2.38. The Morgan fingerprint density at radius 1 is 1.20 bits per heavy atom. The first-order valence-corrected chi connectivity index (χ1v) is 7.10. The molecule has 1 fully saturated rings. The molecular formula is C15H20N4O. The van der Waals surface area contributed by atoms with E-state index < -0.39 is 0 Å². The van der Waals surface area contributed by atoms with E-state index in [9.17, 15) is 0 Å². The summed E-state index contributed by atoms with van der Waals surface area (Å²) in [5.41, 5.74) is 2.48. The van der Waals surface area contributed by atoms with Gasteiger partial charge in [0.15, 0.2) is 5.82 Å². The second kappa shape index (κ2) is 6.15. The third-order valence-corrected chi connectivity index (χ3v) is 3.56. The highest BCUT2D eigenvalue weighted by Crippen LogP contribution is 2.10. The summed E-state index contributed by atoms with van der Waals surface area (Å²) in [5, 5.41) is 7.41. The predicted octanol–water partition coefficient (Wildman–Crippen LogP) is 1.37. The SMILES string of the molecule is Cc1ccc(Cc2noc(CN3CCNCC3)n2)cc1. The minimum atomic E-state index is 0.717. The average molecular weight is 272 g/mol. The normalized spacial score (nSPS) is 16.4. The van der Waals surface area contributed by atoms with Crippen molar-refractivity contribution >= 4 is 0 Å². The van der Waals surface area contributed by atoms with Crippen molar-refractivity contribution in [3.8, 4) is 0 Å². The van der Waals surface area contributed by atoms with Crippen LogP contribution < -0.4 is 5.32 Å². The molecule has 3 rings (SSSR count). The zero-order valence-corrected chi connectivity index (χ0v) is 11.8. The number of hydrogen-bond acceptors (Lipinski definition) is 5. The number of aromatic nitrogens is 2. The second-order valence-corrected chi connectivity index (χ2v) is 5.29. The third-order valence-electron chi connectivity index (χ3n) is 3.56. The van der Waals surface area contributed by atoms with E-state index in [1.165, 1.54) is 11.1 Å². The number of rotatable bonds is 4. The summed E-state index contributed by atoms with van der Waals surface area (Å²) < 4.78 is 5.34. The maximum atomic E-state index is 5.34. The highest BCUT2D eigenvalue weighted by molar-refractivity contribution is 5.23. The topological polar surface area (TPSA) is 54.2 Å². The van der Waals surface area contributed by atoms with E-state index in [2.05, 4.69) is 51.5 Å². The van der Waals surface area contributed by atoms with Gasteiger partial charge in [0.1, 0.15) is 0 Å².